The molecule has 118 valence electrons. The van der Waals surface area contributed by atoms with Crippen LogP contribution in [-0.2, 0) is 11.8 Å². The molecule has 2 aromatic rings. The van der Waals surface area contributed by atoms with Gasteiger partial charge in [-0.05, 0) is 19.8 Å². The molecule has 0 aromatic carbocycles. The molecule has 0 spiro atoms. The molecule has 1 atom stereocenters. The molecule has 0 N–H and O–H groups in total. The van der Waals surface area contributed by atoms with E-state index in [-0.39, 0.29) is 11.2 Å². The number of hydrogen-bond acceptors (Lipinski definition) is 5. The monoisotopic (exact) mass is 319 g/mol. The lowest BCUT2D eigenvalue weighted by molar-refractivity contribution is -0.130. The predicted octanol–water partition coefficient (Wildman–Crippen LogP) is 2.25. The normalized spacial score (nSPS) is 17.5. The van der Waals surface area contributed by atoms with Crippen LogP contribution in [0.3, 0.4) is 0 Å². The third kappa shape index (κ3) is 3.09. The van der Waals surface area contributed by atoms with E-state index < -0.39 is 0 Å². The van der Waals surface area contributed by atoms with Gasteiger partial charge in [0.2, 0.25) is 5.91 Å². The van der Waals surface area contributed by atoms with Crippen molar-refractivity contribution in [3.8, 4) is 0 Å². The Morgan fingerprint density at radius 1 is 1.23 bits per heavy atom. The second-order valence-electron chi connectivity index (χ2n) is 5.68. The highest BCUT2D eigenvalue weighted by atomic mass is 32.2. The van der Waals surface area contributed by atoms with Crippen molar-refractivity contribution in [1.29, 1.82) is 0 Å². The Bertz CT molecular complexity index is 663. The first-order valence-corrected chi connectivity index (χ1v) is 8.63. The average molecular weight is 319 g/mol. The maximum Gasteiger partial charge on any atom is 0.235 e. The molecule has 0 radical (unpaired) electrons. The van der Waals surface area contributed by atoms with Crippen LogP contribution in [0.5, 0.6) is 0 Å². The molecule has 3 rings (SSSR count). The van der Waals surface area contributed by atoms with Gasteiger partial charge >= 0.3 is 0 Å². The minimum atomic E-state index is -0.142. The molecule has 2 aromatic heterocycles. The molecule has 6 nitrogen and oxygen atoms in total. The molecule has 1 amide bonds. The van der Waals surface area contributed by atoms with E-state index in [2.05, 4.69) is 15.1 Å². The number of aryl methyl sites for hydroxylation is 1. The van der Waals surface area contributed by atoms with Crippen molar-refractivity contribution < 1.29 is 4.79 Å². The topological polar surface area (TPSA) is 63.9 Å². The smallest absolute Gasteiger partial charge is 0.235 e. The summed E-state index contributed by atoms with van der Waals surface area (Å²) in [6.45, 7) is 3.73. The summed E-state index contributed by atoms with van der Waals surface area (Å²) in [5.74, 6) is 0.211. The van der Waals surface area contributed by atoms with Crippen LogP contribution in [0.1, 0.15) is 32.6 Å². The van der Waals surface area contributed by atoms with Gasteiger partial charge in [-0.25, -0.2) is 9.97 Å². The summed E-state index contributed by atoms with van der Waals surface area (Å²) in [6.07, 6.45) is 7.99. The van der Waals surface area contributed by atoms with Crippen molar-refractivity contribution in [1.82, 2.24) is 24.6 Å². The second-order valence-corrected chi connectivity index (χ2v) is 7.01. The van der Waals surface area contributed by atoms with Crippen molar-refractivity contribution in [3.63, 3.8) is 0 Å². The second kappa shape index (κ2) is 6.64. The fraction of sp³-hybridized carbons (Fsp3) is 0.600. The van der Waals surface area contributed by atoms with Gasteiger partial charge in [-0.15, -0.1) is 0 Å². The van der Waals surface area contributed by atoms with Crippen LogP contribution < -0.4 is 0 Å². The Balaban J connectivity index is 1.74. The molecule has 0 aliphatic carbocycles. The lowest BCUT2D eigenvalue weighted by Gasteiger charge is -2.23. The fourth-order valence-electron chi connectivity index (χ4n) is 2.80. The highest BCUT2D eigenvalue weighted by molar-refractivity contribution is 8.00. The summed E-state index contributed by atoms with van der Waals surface area (Å²) in [7, 11) is 1.86. The molecule has 3 heterocycles. The number of aromatic nitrogens is 4. The van der Waals surface area contributed by atoms with Crippen LogP contribution in [0.25, 0.3) is 11.0 Å². The van der Waals surface area contributed by atoms with Crippen LogP contribution in [0.2, 0.25) is 0 Å². The van der Waals surface area contributed by atoms with Crippen LogP contribution in [-0.4, -0.2) is 48.9 Å². The summed E-state index contributed by atoms with van der Waals surface area (Å²) in [6, 6.07) is 0. The van der Waals surface area contributed by atoms with Crippen molar-refractivity contribution in [2.45, 2.75) is 42.9 Å². The predicted molar refractivity (Wildman–Crippen MR) is 86.7 cm³/mol. The van der Waals surface area contributed by atoms with Crippen molar-refractivity contribution in [2.75, 3.05) is 13.1 Å². The number of fused-ring (bicyclic) bond motifs is 1. The first kappa shape index (κ1) is 15.3. The number of rotatable bonds is 3. The Kier molecular flexibility index (Phi) is 4.61. The average Bonchev–Trinajstić information content (AvgIpc) is 2.75. The third-order valence-electron chi connectivity index (χ3n) is 4.05. The zero-order chi connectivity index (χ0) is 15.5. The standard InChI is InChI=1S/C15H21N5OS/c1-11(15(21)20-7-5-3-4-6-8-20)22-14-12-9-18-19(2)13(12)16-10-17-14/h9-11H,3-8H2,1-2H3. The van der Waals surface area contributed by atoms with Gasteiger partial charge in [0, 0.05) is 20.1 Å². The number of amides is 1. The lowest BCUT2D eigenvalue weighted by Crippen LogP contribution is -2.37. The molecule has 1 aliphatic rings. The number of carbonyl (C=O) groups is 1. The maximum atomic E-state index is 12.6. The van der Waals surface area contributed by atoms with E-state index >= 15 is 0 Å². The van der Waals surface area contributed by atoms with Crippen molar-refractivity contribution >= 4 is 28.7 Å². The van der Waals surface area contributed by atoms with E-state index in [0.717, 1.165) is 42.0 Å². The summed E-state index contributed by atoms with van der Waals surface area (Å²) in [5.41, 5.74) is 0.798. The fourth-order valence-corrected chi connectivity index (χ4v) is 3.76. The number of carbonyl (C=O) groups excluding carboxylic acids is 1. The van der Waals surface area contributed by atoms with Crippen LogP contribution in [0.15, 0.2) is 17.6 Å². The largest absolute Gasteiger partial charge is 0.342 e. The Labute approximate surface area is 134 Å². The van der Waals surface area contributed by atoms with E-state index in [4.69, 9.17) is 0 Å². The van der Waals surface area contributed by atoms with Gasteiger partial charge in [0.05, 0.1) is 16.8 Å². The van der Waals surface area contributed by atoms with Gasteiger partial charge in [0.1, 0.15) is 11.4 Å². The van der Waals surface area contributed by atoms with Gasteiger partial charge in [-0.2, -0.15) is 5.10 Å². The summed E-state index contributed by atoms with van der Waals surface area (Å²) < 4.78 is 1.72. The zero-order valence-corrected chi connectivity index (χ0v) is 13.8. The number of likely N-dealkylation sites (tertiary alicyclic amines) is 1. The molecule has 0 saturated carbocycles. The minimum absolute atomic E-state index is 0.142. The molecule has 1 saturated heterocycles. The molecule has 1 fully saturated rings. The Morgan fingerprint density at radius 2 is 1.95 bits per heavy atom. The van der Waals surface area contributed by atoms with Gasteiger partial charge < -0.3 is 4.90 Å². The highest BCUT2D eigenvalue weighted by Gasteiger charge is 2.23. The minimum Gasteiger partial charge on any atom is -0.342 e. The first-order valence-electron chi connectivity index (χ1n) is 7.75. The summed E-state index contributed by atoms with van der Waals surface area (Å²) in [4.78, 5) is 23.2. The maximum absolute atomic E-state index is 12.6. The lowest BCUT2D eigenvalue weighted by atomic mass is 10.2. The third-order valence-corrected chi connectivity index (χ3v) is 5.15. The van der Waals surface area contributed by atoms with Crippen molar-refractivity contribution in [3.05, 3.63) is 12.5 Å². The molecular weight excluding hydrogens is 298 g/mol. The SMILES string of the molecule is CC(Sc1ncnc2c1cnn2C)C(=O)N1CCCCCC1. The molecule has 0 bridgehead atoms. The summed E-state index contributed by atoms with van der Waals surface area (Å²) >= 11 is 1.50. The molecule has 1 unspecified atom stereocenters. The van der Waals surface area contributed by atoms with Gasteiger partial charge in [-0.1, -0.05) is 24.6 Å². The molecular formula is C15H21N5OS. The van der Waals surface area contributed by atoms with Crippen LogP contribution >= 0.6 is 11.8 Å². The van der Waals surface area contributed by atoms with Gasteiger partial charge in [0.15, 0.2) is 5.65 Å². The number of hydrogen-bond donors (Lipinski definition) is 0. The van der Waals surface area contributed by atoms with E-state index in [1.165, 1.54) is 30.9 Å². The summed E-state index contributed by atoms with van der Waals surface area (Å²) in [5, 5.41) is 5.81. The van der Waals surface area contributed by atoms with Crippen molar-refractivity contribution in [2.24, 2.45) is 7.05 Å². The van der Waals surface area contributed by atoms with Crippen LogP contribution in [0, 0.1) is 0 Å². The van der Waals surface area contributed by atoms with E-state index in [1.807, 2.05) is 18.9 Å². The number of thioether (sulfide) groups is 1. The van der Waals surface area contributed by atoms with Gasteiger partial charge in [0.25, 0.3) is 0 Å². The van der Waals surface area contributed by atoms with E-state index in [9.17, 15) is 4.79 Å². The Hall–Kier alpha value is -1.63. The molecule has 1 aliphatic heterocycles. The highest BCUT2D eigenvalue weighted by Crippen LogP contribution is 2.28. The van der Waals surface area contributed by atoms with Gasteiger partial charge in [-0.3, -0.25) is 9.48 Å². The zero-order valence-electron chi connectivity index (χ0n) is 13.0. The van der Waals surface area contributed by atoms with E-state index in [0.29, 0.717) is 0 Å². The van der Waals surface area contributed by atoms with E-state index in [1.54, 1.807) is 10.9 Å². The number of nitrogens with zero attached hydrogens (tertiary/aromatic N) is 5. The van der Waals surface area contributed by atoms with Crippen LogP contribution in [0.4, 0.5) is 0 Å². The Morgan fingerprint density at radius 3 is 2.68 bits per heavy atom. The first-order chi connectivity index (χ1) is 10.7. The molecule has 7 heteroatoms. The molecule has 22 heavy (non-hydrogen) atoms. The quantitative estimate of drug-likeness (QED) is 0.641.